The highest BCUT2D eigenvalue weighted by atomic mass is 32.2. The van der Waals surface area contributed by atoms with Crippen molar-refractivity contribution in [3.8, 4) is 0 Å². The van der Waals surface area contributed by atoms with Gasteiger partial charge in [0.2, 0.25) is 5.91 Å². The van der Waals surface area contributed by atoms with Gasteiger partial charge in [-0.3, -0.25) is 9.69 Å². The van der Waals surface area contributed by atoms with Crippen molar-refractivity contribution in [3.63, 3.8) is 0 Å². The van der Waals surface area contributed by atoms with Crippen LogP contribution in [0.5, 0.6) is 0 Å². The van der Waals surface area contributed by atoms with Crippen molar-refractivity contribution in [2.75, 3.05) is 5.75 Å². The summed E-state index contributed by atoms with van der Waals surface area (Å²) >= 11 is 2.80. The van der Waals surface area contributed by atoms with Gasteiger partial charge >= 0.3 is 5.97 Å². The molecule has 9 nitrogen and oxygen atoms in total. The number of rotatable bonds is 4. The molecule has 3 heterocycles. The number of amides is 1. The number of tetrazole rings is 1. The number of fused-ring (bicyclic) bond motifs is 1. The summed E-state index contributed by atoms with van der Waals surface area (Å²) in [4.78, 5) is 25.2. The molecule has 1 saturated heterocycles. The van der Waals surface area contributed by atoms with E-state index in [1.807, 2.05) is 0 Å². The first-order valence-corrected chi connectivity index (χ1v) is 8.05. The molecule has 11 heteroatoms. The Morgan fingerprint density at radius 2 is 2.38 bits per heavy atom. The molecule has 1 aromatic heterocycles. The van der Waals surface area contributed by atoms with Crippen LogP contribution in [-0.2, 0) is 22.4 Å². The molecule has 3 N–H and O–H groups in total. The third-order valence-electron chi connectivity index (χ3n) is 3.26. The van der Waals surface area contributed by atoms with E-state index in [-0.39, 0.29) is 17.0 Å². The van der Waals surface area contributed by atoms with E-state index < -0.39 is 12.0 Å². The molecule has 0 radical (unpaired) electrons. The summed E-state index contributed by atoms with van der Waals surface area (Å²) in [5.41, 5.74) is 5.72. The fraction of sp³-hybridized carbons (Fsp3) is 0.500. The second-order valence-corrected chi connectivity index (χ2v) is 6.70. The molecule has 0 aliphatic carbocycles. The van der Waals surface area contributed by atoms with Crippen molar-refractivity contribution in [2.24, 2.45) is 12.8 Å². The van der Waals surface area contributed by atoms with E-state index in [2.05, 4.69) is 15.5 Å². The van der Waals surface area contributed by atoms with Crippen LogP contribution in [0.4, 0.5) is 0 Å². The maximum atomic E-state index is 11.8. The summed E-state index contributed by atoms with van der Waals surface area (Å²) in [6.07, 6.45) is 0. The van der Waals surface area contributed by atoms with Crippen molar-refractivity contribution in [1.82, 2.24) is 25.1 Å². The molecule has 3 rings (SSSR count). The van der Waals surface area contributed by atoms with E-state index in [0.717, 1.165) is 0 Å². The van der Waals surface area contributed by atoms with Crippen LogP contribution in [0.1, 0.15) is 5.82 Å². The summed E-state index contributed by atoms with van der Waals surface area (Å²) in [5, 5.41) is 20.2. The van der Waals surface area contributed by atoms with Crippen LogP contribution in [0, 0.1) is 0 Å². The third kappa shape index (κ3) is 2.30. The van der Waals surface area contributed by atoms with Crippen LogP contribution in [0.15, 0.2) is 10.6 Å². The van der Waals surface area contributed by atoms with Gasteiger partial charge in [-0.25, -0.2) is 9.48 Å². The van der Waals surface area contributed by atoms with Crippen LogP contribution in [-0.4, -0.2) is 59.3 Å². The molecule has 1 amide bonds. The van der Waals surface area contributed by atoms with E-state index >= 15 is 0 Å². The zero-order valence-corrected chi connectivity index (χ0v) is 12.6. The lowest BCUT2D eigenvalue weighted by atomic mass is 10.1. The van der Waals surface area contributed by atoms with Gasteiger partial charge in [-0.15, -0.1) is 28.6 Å². The molecule has 2 aliphatic heterocycles. The van der Waals surface area contributed by atoms with Crippen LogP contribution in [0.2, 0.25) is 0 Å². The van der Waals surface area contributed by atoms with Gasteiger partial charge in [0.05, 0.1) is 5.75 Å². The summed E-state index contributed by atoms with van der Waals surface area (Å²) < 4.78 is 1.53. The number of β-lactam (4-membered cyclic amide) rings is 1. The quantitative estimate of drug-likeness (QED) is 0.668. The number of carbonyl (C=O) groups is 2. The van der Waals surface area contributed by atoms with Gasteiger partial charge in [-0.2, -0.15) is 0 Å². The molecule has 112 valence electrons. The average Bonchev–Trinajstić information content (AvgIpc) is 2.88. The van der Waals surface area contributed by atoms with Crippen molar-refractivity contribution < 1.29 is 14.7 Å². The minimum absolute atomic E-state index is 0.0329. The predicted molar refractivity (Wildman–Crippen MR) is 75.8 cm³/mol. The Balaban J connectivity index is 1.83. The van der Waals surface area contributed by atoms with Gasteiger partial charge in [0.1, 0.15) is 17.1 Å². The Hall–Kier alpha value is -1.59. The SMILES string of the molecule is Cn1nnnc1CSC1=C(C(=O)O)N2C(=O)C(N)[C@@H]2SC1. The molecule has 0 spiro atoms. The molecule has 1 unspecified atom stereocenters. The summed E-state index contributed by atoms with van der Waals surface area (Å²) in [6, 6.07) is -0.612. The smallest absolute Gasteiger partial charge is 0.353 e. The first kappa shape index (κ1) is 14.4. The maximum absolute atomic E-state index is 11.8. The Labute approximate surface area is 127 Å². The van der Waals surface area contributed by atoms with Crippen molar-refractivity contribution in [2.45, 2.75) is 17.2 Å². The molecular formula is C10H12N6O3S2. The number of carboxylic acids is 1. The summed E-state index contributed by atoms with van der Waals surface area (Å²) in [5.74, 6) is 0.132. The number of carbonyl (C=O) groups excluding carboxylic acids is 1. The van der Waals surface area contributed by atoms with Crippen molar-refractivity contribution in [1.29, 1.82) is 0 Å². The monoisotopic (exact) mass is 328 g/mol. The van der Waals surface area contributed by atoms with Crippen molar-refractivity contribution in [3.05, 3.63) is 16.4 Å². The lowest BCUT2D eigenvalue weighted by Crippen LogP contribution is -2.68. The number of nitrogens with two attached hydrogens (primary N) is 1. The number of nitrogens with zero attached hydrogens (tertiary/aromatic N) is 5. The highest BCUT2D eigenvalue weighted by Gasteiger charge is 2.51. The zero-order chi connectivity index (χ0) is 15.1. The number of aliphatic carboxylic acids is 1. The summed E-state index contributed by atoms with van der Waals surface area (Å²) in [7, 11) is 1.71. The number of thioether (sulfide) groups is 2. The molecule has 2 atom stereocenters. The molecule has 0 saturated carbocycles. The molecule has 2 aliphatic rings. The zero-order valence-electron chi connectivity index (χ0n) is 11.0. The average molecular weight is 328 g/mol. The number of aromatic nitrogens is 4. The number of hydrogen-bond acceptors (Lipinski definition) is 8. The molecule has 1 fully saturated rings. The molecule has 0 bridgehead atoms. The van der Waals surface area contributed by atoms with Gasteiger partial charge < -0.3 is 10.8 Å². The maximum Gasteiger partial charge on any atom is 0.353 e. The van der Waals surface area contributed by atoms with Gasteiger partial charge in [0.15, 0.2) is 5.82 Å². The van der Waals surface area contributed by atoms with Gasteiger partial charge in [0, 0.05) is 17.7 Å². The highest BCUT2D eigenvalue weighted by molar-refractivity contribution is 8.05. The highest BCUT2D eigenvalue weighted by Crippen LogP contribution is 2.43. The Bertz CT molecular complexity index is 644. The molecule has 21 heavy (non-hydrogen) atoms. The first-order chi connectivity index (χ1) is 10.0. The lowest BCUT2D eigenvalue weighted by Gasteiger charge is -2.47. The van der Waals surface area contributed by atoms with E-state index in [0.29, 0.717) is 22.2 Å². The van der Waals surface area contributed by atoms with E-state index in [1.54, 1.807) is 7.05 Å². The Kier molecular flexibility index (Phi) is 3.63. The molecular weight excluding hydrogens is 316 g/mol. The van der Waals surface area contributed by atoms with E-state index in [9.17, 15) is 14.7 Å². The van der Waals surface area contributed by atoms with Gasteiger partial charge in [0.25, 0.3) is 0 Å². The predicted octanol–water partition coefficient (Wildman–Crippen LogP) is -1.02. The van der Waals surface area contributed by atoms with Crippen LogP contribution >= 0.6 is 23.5 Å². The lowest BCUT2D eigenvalue weighted by molar-refractivity contribution is -0.147. The van der Waals surface area contributed by atoms with Crippen molar-refractivity contribution >= 4 is 35.4 Å². The van der Waals surface area contributed by atoms with E-state index in [1.165, 1.54) is 33.1 Å². The van der Waals surface area contributed by atoms with E-state index in [4.69, 9.17) is 5.73 Å². The summed E-state index contributed by atoms with van der Waals surface area (Å²) in [6.45, 7) is 0. The second kappa shape index (κ2) is 5.31. The second-order valence-electron chi connectivity index (χ2n) is 4.52. The first-order valence-electron chi connectivity index (χ1n) is 6.01. The third-order valence-corrected chi connectivity index (χ3v) is 5.83. The molecule has 1 aromatic rings. The van der Waals surface area contributed by atoms with Crippen LogP contribution in [0.3, 0.4) is 0 Å². The Morgan fingerprint density at radius 1 is 1.62 bits per heavy atom. The van der Waals surface area contributed by atoms with Gasteiger partial charge in [-0.1, -0.05) is 0 Å². The number of aryl methyl sites for hydroxylation is 1. The van der Waals surface area contributed by atoms with Gasteiger partial charge in [-0.05, 0) is 10.4 Å². The fourth-order valence-electron chi connectivity index (χ4n) is 2.12. The minimum Gasteiger partial charge on any atom is -0.477 e. The van der Waals surface area contributed by atoms with Crippen LogP contribution in [0.25, 0.3) is 0 Å². The Morgan fingerprint density at radius 3 is 3.00 bits per heavy atom. The van der Waals surface area contributed by atoms with Crippen LogP contribution < -0.4 is 5.73 Å². The number of carboxylic acid groups (broad SMARTS) is 1. The normalized spacial score (nSPS) is 24.9. The minimum atomic E-state index is -1.11. The number of hydrogen-bond donors (Lipinski definition) is 2. The molecule has 0 aromatic carbocycles. The fourth-order valence-corrected chi connectivity index (χ4v) is 4.67. The topological polar surface area (TPSA) is 127 Å². The largest absolute Gasteiger partial charge is 0.477 e. The standard InChI is InChI=1S/C10H12N6O3S2/c1-15-5(12-13-14-15)3-20-4-2-21-9-6(11)8(17)16(9)7(4)10(18)19/h6,9H,2-3,11H2,1H3,(H,18,19)/t6?,9-/m0/s1.